The van der Waals surface area contributed by atoms with Crippen molar-refractivity contribution in [2.75, 3.05) is 11.5 Å². The average molecular weight is 454 g/mol. The Morgan fingerprint density at radius 2 is 1.73 bits per heavy atom. The van der Waals surface area contributed by atoms with E-state index >= 15 is 0 Å². The third-order valence-electron chi connectivity index (χ3n) is 4.60. The fraction of sp³-hybridized carbons (Fsp3) is 0.250. The molecule has 0 spiro atoms. The van der Waals surface area contributed by atoms with Crippen molar-refractivity contribution < 1.29 is 24.6 Å². The van der Waals surface area contributed by atoms with Crippen LogP contribution in [0.25, 0.3) is 11.2 Å². The molecule has 33 heavy (non-hydrogen) atoms. The lowest BCUT2D eigenvalue weighted by atomic mass is 10.1. The number of fused-ring (bicyclic) bond motifs is 1. The summed E-state index contributed by atoms with van der Waals surface area (Å²) in [5.74, 6) is -2.86. The minimum absolute atomic E-state index is 0.0241. The van der Waals surface area contributed by atoms with Gasteiger partial charge in [0, 0.05) is 25.1 Å². The van der Waals surface area contributed by atoms with Gasteiger partial charge in [-0.1, -0.05) is 12.1 Å². The number of benzene rings is 1. The summed E-state index contributed by atoms with van der Waals surface area (Å²) >= 11 is 0. The van der Waals surface area contributed by atoms with Gasteiger partial charge in [0.15, 0.2) is 17.0 Å². The molecule has 2 aromatic heterocycles. The fourth-order valence-electron chi connectivity index (χ4n) is 2.94. The highest BCUT2D eigenvalue weighted by atomic mass is 16.4. The van der Waals surface area contributed by atoms with Crippen LogP contribution in [0.15, 0.2) is 30.5 Å². The van der Waals surface area contributed by atoms with Crippen LogP contribution in [0.4, 0.5) is 11.8 Å². The second kappa shape index (κ2) is 10.3. The normalized spacial score (nSPS) is 11.8. The van der Waals surface area contributed by atoms with E-state index < -0.39 is 23.9 Å². The van der Waals surface area contributed by atoms with Crippen molar-refractivity contribution in [1.29, 1.82) is 0 Å². The smallest absolute Gasteiger partial charge is 0.326 e. The summed E-state index contributed by atoms with van der Waals surface area (Å²) in [5, 5.41) is 23.4. The van der Waals surface area contributed by atoms with E-state index in [2.05, 4.69) is 30.6 Å². The predicted molar refractivity (Wildman–Crippen MR) is 117 cm³/mol. The zero-order valence-electron chi connectivity index (χ0n) is 17.4. The number of nitrogen functional groups attached to an aromatic ring is 2. The highest BCUT2D eigenvalue weighted by Gasteiger charge is 2.21. The number of carboxylic acid groups (broad SMARTS) is 2. The monoisotopic (exact) mass is 454 g/mol. The maximum absolute atomic E-state index is 12.3. The Hall–Kier alpha value is -4.39. The molecule has 8 N–H and O–H groups in total. The summed E-state index contributed by atoms with van der Waals surface area (Å²) < 4.78 is 0. The Bertz CT molecular complexity index is 1190. The fourth-order valence-corrected chi connectivity index (χ4v) is 2.94. The molecule has 1 amide bonds. The summed E-state index contributed by atoms with van der Waals surface area (Å²) in [7, 11) is 0. The van der Waals surface area contributed by atoms with Gasteiger partial charge in [0.25, 0.3) is 5.91 Å². The van der Waals surface area contributed by atoms with Crippen molar-refractivity contribution in [3.8, 4) is 0 Å². The molecule has 0 aliphatic carbocycles. The first-order valence-electron chi connectivity index (χ1n) is 9.82. The van der Waals surface area contributed by atoms with Gasteiger partial charge in [0.2, 0.25) is 5.95 Å². The maximum atomic E-state index is 12.3. The zero-order valence-corrected chi connectivity index (χ0v) is 17.4. The van der Waals surface area contributed by atoms with Crippen molar-refractivity contribution in [3.05, 3.63) is 47.3 Å². The number of rotatable bonds is 10. The third-order valence-corrected chi connectivity index (χ3v) is 4.60. The number of nitrogens with two attached hydrogens (primary N) is 2. The van der Waals surface area contributed by atoms with Gasteiger partial charge in [0.05, 0.1) is 11.9 Å². The van der Waals surface area contributed by atoms with Crippen molar-refractivity contribution >= 4 is 40.8 Å². The minimum Gasteiger partial charge on any atom is -0.481 e. The topological polar surface area (TPSA) is 219 Å². The van der Waals surface area contributed by atoms with E-state index in [-0.39, 0.29) is 30.2 Å². The van der Waals surface area contributed by atoms with Gasteiger partial charge in [-0.3, -0.25) is 9.59 Å². The number of amides is 1. The number of aromatic nitrogens is 4. The van der Waals surface area contributed by atoms with Crippen LogP contribution in [-0.4, -0.2) is 54.0 Å². The van der Waals surface area contributed by atoms with E-state index in [1.165, 1.54) is 0 Å². The molecule has 13 nitrogen and oxygen atoms in total. The molecule has 3 aromatic rings. The average Bonchev–Trinajstić information content (AvgIpc) is 2.77. The number of hydrogen-bond donors (Lipinski definition) is 6. The number of carboxylic acids is 2. The lowest BCUT2D eigenvalue weighted by Gasteiger charge is -2.13. The predicted octanol–water partition coefficient (Wildman–Crippen LogP) is -0.0782. The first kappa shape index (κ1) is 23.3. The lowest BCUT2D eigenvalue weighted by molar-refractivity contribution is -0.140. The Kier molecular flexibility index (Phi) is 7.25. The van der Waals surface area contributed by atoms with Crippen LogP contribution in [-0.2, 0) is 22.7 Å². The second-order valence-electron chi connectivity index (χ2n) is 7.10. The molecule has 0 fully saturated rings. The molecule has 172 valence electrons. The molecule has 1 aromatic carbocycles. The first-order valence-corrected chi connectivity index (χ1v) is 9.82. The number of aliphatic carboxylic acids is 2. The minimum atomic E-state index is -1.29. The van der Waals surface area contributed by atoms with Crippen molar-refractivity contribution in [2.24, 2.45) is 0 Å². The highest BCUT2D eigenvalue weighted by molar-refractivity contribution is 5.96. The zero-order chi connectivity index (χ0) is 24.0. The molecule has 0 unspecified atom stereocenters. The van der Waals surface area contributed by atoms with Gasteiger partial charge in [-0.2, -0.15) is 9.97 Å². The van der Waals surface area contributed by atoms with Gasteiger partial charge in [-0.25, -0.2) is 14.8 Å². The largest absolute Gasteiger partial charge is 0.481 e. The molecular formula is C20H22N8O5. The molecule has 0 radical (unpaired) electrons. The number of nitrogens with one attached hydrogen (secondary N) is 2. The van der Waals surface area contributed by atoms with E-state index in [9.17, 15) is 14.4 Å². The van der Waals surface area contributed by atoms with Crippen molar-refractivity contribution in [3.63, 3.8) is 0 Å². The molecule has 3 rings (SSSR count). The van der Waals surface area contributed by atoms with Crippen molar-refractivity contribution in [2.45, 2.75) is 32.0 Å². The standard InChI is InChI=1S/C20H22N8O5/c21-16-15-17(28-20(22)27-16)24-9-12(25-15)8-23-7-10-1-3-11(4-2-10)18(31)26-13(19(32)33)5-6-14(29)30/h1-4,9,13,23H,5-8H2,(H,26,31)(H,29,30)(H,32,33)(H4,21,22,24,27,28)/t13-/m0/s1. The van der Waals surface area contributed by atoms with Crippen LogP contribution in [0.2, 0.25) is 0 Å². The molecule has 2 heterocycles. The van der Waals surface area contributed by atoms with E-state index in [1.54, 1.807) is 30.5 Å². The van der Waals surface area contributed by atoms with Gasteiger partial charge >= 0.3 is 11.9 Å². The highest BCUT2D eigenvalue weighted by Crippen LogP contribution is 2.14. The van der Waals surface area contributed by atoms with Gasteiger partial charge in [-0.15, -0.1) is 0 Å². The van der Waals surface area contributed by atoms with Crippen molar-refractivity contribution in [1.82, 2.24) is 30.6 Å². The summed E-state index contributed by atoms with van der Waals surface area (Å²) in [6.45, 7) is 0.852. The quantitative estimate of drug-likeness (QED) is 0.237. The third kappa shape index (κ3) is 6.30. The first-order chi connectivity index (χ1) is 15.7. The molecule has 0 bridgehead atoms. The Morgan fingerprint density at radius 3 is 2.39 bits per heavy atom. The molecule has 0 aliphatic heterocycles. The number of carbonyl (C=O) groups is 3. The summed E-state index contributed by atoms with van der Waals surface area (Å²) in [5.41, 5.74) is 13.8. The molecule has 13 heteroatoms. The van der Waals surface area contributed by atoms with E-state index in [4.69, 9.17) is 21.7 Å². The summed E-state index contributed by atoms with van der Waals surface area (Å²) in [6.07, 6.45) is 0.982. The summed E-state index contributed by atoms with van der Waals surface area (Å²) in [4.78, 5) is 50.6. The van der Waals surface area contributed by atoms with Gasteiger partial charge in [-0.05, 0) is 24.1 Å². The Morgan fingerprint density at radius 1 is 1.00 bits per heavy atom. The molecule has 0 saturated carbocycles. The molecular weight excluding hydrogens is 432 g/mol. The lowest BCUT2D eigenvalue weighted by Crippen LogP contribution is -2.41. The van der Waals surface area contributed by atoms with Gasteiger partial charge < -0.3 is 32.3 Å². The van der Waals surface area contributed by atoms with Crippen LogP contribution < -0.4 is 22.1 Å². The number of carbonyl (C=O) groups excluding carboxylic acids is 1. The van der Waals surface area contributed by atoms with Gasteiger partial charge in [0.1, 0.15) is 6.04 Å². The molecule has 0 saturated heterocycles. The van der Waals surface area contributed by atoms with Crippen LogP contribution in [0, 0.1) is 0 Å². The van der Waals surface area contributed by atoms with Crippen LogP contribution in [0.1, 0.15) is 34.5 Å². The van der Waals surface area contributed by atoms with E-state index in [0.717, 1.165) is 5.56 Å². The maximum Gasteiger partial charge on any atom is 0.326 e. The van der Waals surface area contributed by atoms with E-state index in [1.807, 2.05) is 0 Å². The number of hydrogen-bond acceptors (Lipinski definition) is 10. The summed E-state index contributed by atoms with van der Waals surface area (Å²) in [6, 6.07) is 5.26. The van der Waals surface area contributed by atoms with Crippen LogP contribution in [0.3, 0.4) is 0 Å². The Balaban J connectivity index is 1.55. The SMILES string of the molecule is Nc1nc(N)c2nc(CNCc3ccc(C(=O)N[C@@H](CCC(=O)O)C(=O)O)cc3)cnc2n1. The number of nitrogens with zero attached hydrogens (tertiary/aromatic N) is 4. The second-order valence-corrected chi connectivity index (χ2v) is 7.10. The van der Waals surface area contributed by atoms with E-state index in [0.29, 0.717) is 29.9 Å². The van der Waals surface area contributed by atoms with Crippen LogP contribution in [0.5, 0.6) is 0 Å². The van der Waals surface area contributed by atoms with Crippen LogP contribution >= 0.6 is 0 Å². The molecule has 0 aliphatic rings. The Labute approximate surface area is 187 Å². The molecule has 1 atom stereocenters. The number of anilines is 2.